The third-order valence-corrected chi connectivity index (χ3v) is 6.20. The maximum absolute atomic E-state index is 12.7. The van der Waals surface area contributed by atoms with Gasteiger partial charge in [-0.05, 0) is 62.0 Å². The van der Waals surface area contributed by atoms with Crippen LogP contribution in [-0.2, 0) is 14.3 Å². The SMILES string of the molecule is CCOC(=O)C1=Cc2cc(C3=CC=C(C(=O)N4CCCC4)CC3)ccc2N=C(N(C)C)C1. The number of nitrogens with zero attached hydrogens (tertiary/aromatic N) is 3. The number of benzene rings is 1. The predicted molar refractivity (Wildman–Crippen MR) is 128 cm³/mol. The molecule has 0 spiro atoms. The molecule has 3 aliphatic rings. The first-order chi connectivity index (χ1) is 15.5. The Morgan fingerprint density at radius 2 is 1.88 bits per heavy atom. The summed E-state index contributed by atoms with van der Waals surface area (Å²) in [6.07, 6.45) is 10.2. The molecule has 0 radical (unpaired) electrons. The number of carbonyl (C=O) groups excluding carboxylic acids is 2. The van der Waals surface area contributed by atoms with Crippen molar-refractivity contribution in [1.82, 2.24) is 9.80 Å². The highest BCUT2D eigenvalue weighted by atomic mass is 16.5. The maximum Gasteiger partial charge on any atom is 0.334 e. The van der Waals surface area contributed by atoms with Crippen LogP contribution in [0, 0.1) is 0 Å². The van der Waals surface area contributed by atoms with E-state index in [0.717, 1.165) is 67.0 Å². The molecule has 4 rings (SSSR count). The highest BCUT2D eigenvalue weighted by Crippen LogP contribution is 2.34. The second-order valence-electron chi connectivity index (χ2n) is 8.65. The summed E-state index contributed by atoms with van der Waals surface area (Å²) in [7, 11) is 3.86. The first-order valence-corrected chi connectivity index (χ1v) is 11.4. The molecule has 1 fully saturated rings. The lowest BCUT2D eigenvalue weighted by atomic mass is 9.91. The van der Waals surface area contributed by atoms with Gasteiger partial charge in [0.1, 0.15) is 5.84 Å². The molecule has 1 amide bonds. The van der Waals surface area contributed by atoms with Crippen molar-refractivity contribution in [2.45, 2.75) is 39.0 Å². The minimum Gasteiger partial charge on any atom is -0.463 e. The zero-order chi connectivity index (χ0) is 22.7. The number of aliphatic imine (C=N–C) groups is 1. The van der Waals surface area contributed by atoms with E-state index in [1.807, 2.05) is 49.0 Å². The molecule has 1 saturated heterocycles. The minimum absolute atomic E-state index is 0.187. The topological polar surface area (TPSA) is 62.2 Å². The second-order valence-corrected chi connectivity index (χ2v) is 8.65. The zero-order valence-electron chi connectivity index (χ0n) is 19.2. The molecular weight excluding hydrogens is 402 g/mol. The average molecular weight is 434 g/mol. The van der Waals surface area contributed by atoms with Crippen LogP contribution in [0.15, 0.2) is 46.5 Å². The zero-order valence-corrected chi connectivity index (χ0v) is 19.2. The predicted octanol–water partition coefficient (Wildman–Crippen LogP) is 4.35. The van der Waals surface area contributed by atoms with Crippen LogP contribution < -0.4 is 0 Å². The summed E-state index contributed by atoms with van der Waals surface area (Å²) in [6.45, 7) is 3.91. The lowest BCUT2D eigenvalue weighted by Gasteiger charge is -2.20. The summed E-state index contributed by atoms with van der Waals surface area (Å²) in [6, 6.07) is 6.17. The van der Waals surface area contributed by atoms with E-state index in [2.05, 4.69) is 18.2 Å². The van der Waals surface area contributed by atoms with Crippen LogP contribution in [0.5, 0.6) is 0 Å². The van der Waals surface area contributed by atoms with Gasteiger partial charge in [-0.25, -0.2) is 9.79 Å². The van der Waals surface area contributed by atoms with Gasteiger partial charge in [0, 0.05) is 50.3 Å². The van der Waals surface area contributed by atoms with Crippen LogP contribution in [0.4, 0.5) is 5.69 Å². The van der Waals surface area contributed by atoms with Gasteiger partial charge in [-0.15, -0.1) is 0 Å². The number of amides is 1. The van der Waals surface area contributed by atoms with Crippen LogP contribution in [0.3, 0.4) is 0 Å². The highest BCUT2D eigenvalue weighted by molar-refractivity contribution is 6.03. The number of esters is 1. The highest BCUT2D eigenvalue weighted by Gasteiger charge is 2.23. The molecule has 6 nitrogen and oxygen atoms in total. The van der Waals surface area contributed by atoms with E-state index in [1.54, 1.807) is 0 Å². The van der Waals surface area contributed by atoms with E-state index in [9.17, 15) is 9.59 Å². The number of hydrogen-bond donors (Lipinski definition) is 0. The number of fused-ring (bicyclic) bond motifs is 1. The molecule has 2 heterocycles. The van der Waals surface area contributed by atoms with E-state index < -0.39 is 0 Å². The Hall–Kier alpha value is -3.15. The molecule has 0 N–H and O–H groups in total. The molecule has 0 aromatic heterocycles. The summed E-state index contributed by atoms with van der Waals surface area (Å²) in [5, 5.41) is 0. The summed E-state index contributed by atoms with van der Waals surface area (Å²) in [5.74, 6) is 0.707. The number of allylic oxidation sites excluding steroid dienone is 3. The van der Waals surface area contributed by atoms with E-state index >= 15 is 0 Å². The maximum atomic E-state index is 12.7. The monoisotopic (exact) mass is 433 g/mol. The average Bonchev–Trinajstić information content (AvgIpc) is 3.26. The van der Waals surface area contributed by atoms with E-state index in [1.165, 1.54) is 5.57 Å². The van der Waals surface area contributed by atoms with Crippen LogP contribution in [-0.4, -0.2) is 61.3 Å². The molecular formula is C26H31N3O3. The quantitative estimate of drug-likeness (QED) is 0.662. The number of hydrogen-bond acceptors (Lipinski definition) is 5. The van der Waals surface area contributed by atoms with E-state index in [4.69, 9.17) is 9.73 Å². The summed E-state index contributed by atoms with van der Waals surface area (Å²) in [5.41, 5.74) is 5.54. The van der Waals surface area contributed by atoms with E-state index in [0.29, 0.717) is 18.6 Å². The molecule has 168 valence electrons. The van der Waals surface area contributed by atoms with Gasteiger partial charge in [0.2, 0.25) is 5.91 Å². The summed E-state index contributed by atoms with van der Waals surface area (Å²) in [4.78, 5) is 33.9. The van der Waals surface area contributed by atoms with Crippen LogP contribution in [0.1, 0.15) is 50.2 Å². The van der Waals surface area contributed by atoms with Gasteiger partial charge in [-0.3, -0.25) is 4.79 Å². The largest absolute Gasteiger partial charge is 0.463 e. The number of likely N-dealkylation sites (tertiary alicyclic amines) is 1. The standard InChI is InChI=1S/C26H31N3O3/c1-4-32-26(31)22-16-21-15-20(11-12-23(21)27-24(17-22)28(2)3)18-7-9-19(10-8-18)25(30)29-13-5-6-14-29/h7,9,11-12,15-16H,4-6,8,10,13-14,17H2,1-3H3. The molecule has 6 heteroatoms. The molecule has 0 unspecified atom stereocenters. The van der Waals surface area contributed by atoms with Gasteiger partial charge >= 0.3 is 5.97 Å². The Labute approximate surface area is 189 Å². The number of ether oxygens (including phenoxy) is 1. The smallest absolute Gasteiger partial charge is 0.334 e. The van der Waals surface area contributed by atoms with Gasteiger partial charge in [0.25, 0.3) is 0 Å². The Bertz CT molecular complexity index is 1040. The second kappa shape index (κ2) is 9.55. The van der Waals surface area contributed by atoms with Crippen LogP contribution in [0.25, 0.3) is 11.6 Å². The van der Waals surface area contributed by atoms with Gasteiger partial charge in [0.15, 0.2) is 0 Å². The Balaban J connectivity index is 1.63. The van der Waals surface area contributed by atoms with Crippen molar-refractivity contribution in [3.63, 3.8) is 0 Å². The number of rotatable bonds is 4. The number of amidine groups is 1. The van der Waals surface area contributed by atoms with Crippen LogP contribution >= 0.6 is 0 Å². The molecule has 1 aromatic rings. The molecule has 1 aromatic carbocycles. The molecule has 0 saturated carbocycles. The van der Waals surface area contributed by atoms with Crippen molar-refractivity contribution in [2.24, 2.45) is 4.99 Å². The third kappa shape index (κ3) is 4.69. The van der Waals surface area contributed by atoms with Crippen molar-refractivity contribution >= 4 is 35.0 Å². The minimum atomic E-state index is -0.301. The van der Waals surface area contributed by atoms with Gasteiger partial charge in [0.05, 0.1) is 12.3 Å². The van der Waals surface area contributed by atoms with Crippen molar-refractivity contribution in [3.8, 4) is 0 Å². The van der Waals surface area contributed by atoms with Gasteiger partial charge in [-0.1, -0.05) is 18.2 Å². The normalized spacial score (nSPS) is 18.0. The van der Waals surface area contributed by atoms with E-state index in [-0.39, 0.29) is 11.9 Å². The number of carbonyl (C=O) groups is 2. The third-order valence-electron chi connectivity index (χ3n) is 6.20. The summed E-state index contributed by atoms with van der Waals surface area (Å²) >= 11 is 0. The first kappa shape index (κ1) is 22.1. The molecule has 1 aliphatic carbocycles. The fraction of sp³-hybridized carbons (Fsp3) is 0.423. The molecule has 0 atom stereocenters. The lowest BCUT2D eigenvalue weighted by molar-refractivity contribution is -0.138. The first-order valence-electron chi connectivity index (χ1n) is 11.4. The Morgan fingerprint density at radius 1 is 1.09 bits per heavy atom. The van der Waals surface area contributed by atoms with Crippen molar-refractivity contribution in [1.29, 1.82) is 0 Å². The van der Waals surface area contributed by atoms with Gasteiger partial charge in [-0.2, -0.15) is 0 Å². The molecule has 2 aliphatic heterocycles. The molecule has 0 bridgehead atoms. The lowest BCUT2D eigenvalue weighted by Crippen LogP contribution is -2.29. The fourth-order valence-electron chi connectivity index (χ4n) is 4.35. The molecule has 32 heavy (non-hydrogen) atoms. The van der Waals surface area contributed by atoms with Crippen molar-refractivity contribution < 1.29 is 14.3 Å². The fourth-order valence-corrected chi connectivity index (χ4v) is 4.35. The van der Waals surface area contributed by atoms with Crippen molar-refractivity contribution in [2.75, 3.05) is 33.8 Å². The van der Waals surface area contributed by atoms with Gasteiger partial charge < -0.3 is 14.5 Å². The Morgan fingerprint density at radius 3 is 2.53 bits per heavy atom. The van der Waals surface area contributed by atoms with Crippen LogP contribution in [0.2, 0.25) is 0 Å². The summed E-state index contributed by atoms with van der Waals surface area (Å²) < 4.78 is 5.27. The van der Waals surface area contributed by atoms with Crippen molar-refractivity contribution in [3.05, 3.63) is 52.6 Å². The Kier molecular flexibility index (Phi) is 6.58.